The fourth-order valence-corrected chi connectivity index (χ4v) is 5.26. The third-order valence-corrected chi connectivity index (χ3v) is 7.42. The van der Waals surface area contributed by atoms with Crippen molar-refractivity contribution in [2.24, 2.45) is 5.92 Å². The molecule has 1 N–H and O–H groups in total. The van der Waals surface area contributed by atoms with Crippen LogP contribution in [0.4, 0.5) is 8.78 Å². The van der Waals surface area contributed by atoms with Gasteiger partial charge in [0.25, 0.3) is 0 Å². The van der Waals surface area contributed by atoms with Crippen LogP contribution in [0.1, 0.15) is 37.8 Å². The highest BCUT2D eigenvalue weighted by atomic mass is 19.1. The van der Waals surface area contributed by atoms with Crippen molar-refractivity contribution in [1.82, 2.24) is 19.8 Å². The predicted octanol–water partition coefficient (Wildman–Crippen LogP) is 2.99. The zero-order chi connectivity index (χ0) is 27.4. The molecule has 2 aliphatic carbocycles. The summed E-state index contributed by atoms with van der Waals surface area (Å²) in [5.41, 5.74) is 3.13. The first-order chi connectivity index (χ1) is 18.9. The van der Waals surface area contributed by atoms with E-state index in [1.807, 2.05) is 29.2 Å². The van der Waals surface area contributed by atoms with Gasteiger partial charge in [-0.3, -0.25) is 9.59 Å². The molecule has 3 aliphatic rings. The van der Waals surface area contributed by atoms with Gasteiger partial charge in [-0.15, -0.1) is 0 Å². The quantitative estimate of drug-likeness (QED) is 0.524. The van der Waals surface area contributed by atoms with E-state index in [1.54, 1.807) is 18.2 Å². The second-order valence-corrected chi connectivity index (χ2v) is 10.2. The lowest BCUT2D eigenvalue weighted by molar-refractivity contribution is -0.137. The summed E-state index contributed by atoms with van der Waals surface area (Å²) >= 11 is 0. The Bertz CT molecular complexity index is 1410. The molecule has 9 heteroatoms. The number of unbranched alkanes of at least 4 members (excludes halogenated alkanes) is 1. The summed E-state index contributed by atoms with van der Waals surface area (Å²) in [7, 11) is 0. The van der Waals surface area contributed by atoms with Gasteiger partial charge in [-0.05, 0) is 68.2 Å². The van der Waals surface area contributed by atoms with Crippen molar-refractivity contribution in [3.05, 3.63) is 70.4 Å². The van der Waals surface area contributed by atoms with Crippen LogP contribution in [0.15, 0.2) is 48.2 Å². The highest BCUT2D eigenvalue weighted by Crippen LogP contribution is 2.23. The number of piperazine rings is 1. The fourth-order valence-electron chi connectivity index (χ4n) is 5.26. The minimum absolute atomic E-state index is 0.0564. The first-order valence-electron chi connectivity index (χ1n) is 13.5. The van der Waals surface area contributed by atoms with E-state index in [4.69, 9.17) is 15.1 Å². The number of hydrogen-bond acceptors (Lipinski definition) is 5. The van der Waals surface area contributed by atoms with Crippen LogP contribution >= 0.6 is 0 Å². The van der Waals surface area contributed by atoms with Gasteiger partial charge in [0.2, 0.25) is 5.91 Å². The Morgan fingerprint density at radius 2 is 1.74 bits per heavy atom. The van der Waals surface area contributed by atoms with Crippen LogP contribution in [-0.2, 0) is 16.0 Å². The number of aliphatic carboxylic acids is 1. The van der Waals surface area contributed by atoms with E-state index in [1.165, 1.54) is 12.1 Å². The number of carbonyl (C=O) groups excluding carboxylic acids is 1. The topological polar surface area (TPSA) is 86.6 Å². The third-order valence-electron chi connectivity index (χ3n) is 7.42. The highest BCUT2D eigenvalue weighted by molar-refractivity contribution is 5.85. The van der Waals surface area contributed by atoms with Crippen molar-refractivity contribution in [3.63, 3.8) is 0 Å². The molecule has 0 saturated carbocycles. The van der Waals surface area contributed by atoms with Gasteiger partial charge < -0.3 is 14.9 Å². The van der Waals surface area contributed by atoms with E-state index in [0.29, 0.717) is 80.4 Å². The summed E-state index contributed by atoms with van der Waals surface area (Å²) in [6.07, 6.45) is 10.9. The molecular formula is C30H32F2N4O3. The van der Waals surface area contributed by atoms with Crippen LogP contribution in [-0.4, -0.2) is 69.1 Å². The predicted molar refractivity (Wildman–Crippen MR) is 144 cm³/mol. The Balaban J connectivity index is 1.33. The van der Waals surface area contributed by atoms with Crippen molar-refractivity contribution in [3.8, 4) is 11.3 Å². The number of amides is 1. The van der Waals surface area contributed by atoms with Gasteiger partial charge in [0.1, 0.15) is 12.0 Å². The summed E-state index contributed by atoms with van der Waals surface area (Å²) in [6, 6.07) is 6.10. The number of rotatable bonds is 8. The Labute approximate surface area is 225 Å². The summed E-state index contributed by atoms with van der Waals surface area (Å²) in [5, 5.41) is 10.3. The lowest BCUT2D eigenvalue weighted by Crippen LogP contribution is -2.50. The number of allylic oxidation sites excluding steroid dienone is 3. The van der Waals surface area contributed by atoms with Gasteiger partial charge >= 0.3 is 5.97 Å². The number of hydrogen-bond donors (Lipinski definition) is 1. The van der Waals surface area contributed by atoms with Crippen molar-refractivity contribution in [1.29, 1.82) is 0 Å². The molecule has 204 valence electrons. The van der Waals surface area contributed by atoms with Crippen molar-refractivity contribution in [2.75, 3.05) is 26.2 Å². The average molecular weight is 535 g/mol. The molecule has 1 aromatic heterocycles. The molecule has 2 atom stereocenters. The van der Waals surface area contributed by atoms with Gasteiger partial charge in [-0.2, -0.15) is 0 Å². The van der Waals surface area contributed by atoms with Crippen molar-refractivity contribution in [2.45, 2.75) is 44.7 Å². The first kappa shape index (κ1) is 26.7. The number of carboxylic acid groups (broad SMARTS) is 1. The number of nitrogens with zero attached hydrogens (tertiary/aromatic N) is 4. The molecule has 0 radical (unpaired) electrons. The normalized spacial score (nSPS) is 20.5. The third kappa shape index (κ3) is 6.41. The number of alkyl halides is 1. The zero-order valence-corrected chi connectivity index (χ0v) is 21.7. The summed E-state index contributed by atoms with van der Waals surface area (Å²) < 4.78 is 26.9. The lowest BCUT2D eigenvalue weighted by atomic mass is 9.98. The van der Waals surface area contributed by atoms with Crippen LogP contribution in [0.25, 0.3) is 23.4 Å². The Morgan fingerprint density at radius 1 is 0.974 bits per heavy atom. The van der Waals surface area contributed by atoms with Gasteiger partial charge in [-0.25, -0.2) is 18.7 Å². The molecule has 39 heavy (non-hydrogen) atoms. The largest absolute Gasteiger partial charge is 0.481 e. The molecule has 1 saturated heterocycles. The molecule has 0 spiro atoms. The summed E-state index contributed by atoms with van der Waals surface area (Å²) in [4.78, 5) is 38.1. The number of fused-ring (bicyclic) bond motifs is 1. The van der Waals surface area contributed by atoms with E-state index in [0.717, 1.165) is 11.3 Å². The molecule has 1 aromatic carbocycles. The van der Waals surface area contributed by atoms with Crippen LogP contribution in [0.3, 0.4) is 0 Å². The standard InChI is InChI=1S/C30H32F2N4O3/c31-22-8-5-20(6-9-22)29-26(3-1-2-4-28(37)38)33-27-19-21(7-14-25(27)34-29)30(39)36-17-15-35(16-18-36)24-12-10-23(32)11-13-24/h5-6,8-10,12-14,19,21,23H,1-4,7,11,15-18H2,(H,37,38). The fraction of sp³-hybridized carbons (Fsp3) is 0.400. The monoisotopic (exact) mass is 534 g/mol. The van der Waals surface area contributed by atoms with E-state index in [-0.39, 0.29) is 24.1 Å². The number of benzene rings is 1. The van der Waals surface area contributed by atoms with E-state index in [9.17, 15) is 18.4 Å². The number of aryl methyl sites for hydroxylation is 1. The molecule has 2 aromatic rings. The molecule has 2 heterocycles. The molecule has 7 nitrogen and oxygen atoms in total. The molecule has 0 bridgehead atoms. The van der Waals surface area contributed by atoms with E-state index in [2.05, 4.69) is 4.90 Å². The maximum absolute atomic E-state index is 13.5. The molecule has 1 fully saturated rings. The number of halogens is 2. The second-order valence-electron chi connectivity index (χ2n) is 10.2. The summed E-state index contributed by atoms with van der Waals surface area (Å²) in [6.45, 7) is 2.61. The van der Waals surface area contributed by atoms with Crippen LogP contribution in [0, 0.1) is 11.7 Å². The second kappa shape index (κ2) is 11.9. The number of carboxylic acids is 1. The van der Waals surface area contributed by atoms with Gasteiger partial charge in [0.05, 0.1) is 28.0 Å². The van der Waals surface area contributed by atoms with Crippen molar-refractivity contribution >= 4 is 24.0 Å². The van der Waals surface area contributed by atoms with Crippen LogP contribution in [0.5, 0.6) is 0 Å². The Hall–Kier alpha value is -3.88. The smallest absolute Gasteiger partial charge is 0.303 e. The zero-order valence-electron chi connectivity index (χ0n) is 21.7. The van der Waals surface area contributed by atoms with E-state index >= 15 is 0 Å². The maximum Gasteiger partial charge on any atom is 0.303 e. The minimum atomic E-state index is -0.919. The lowest BCUT2D eigenvalue weighted by Gasteiger charge is -2.38. The SMILES string of the molecule is O=C(O)CCCCc1nc2c(nc1-c1ccc(F)cc1)=CCC(C(=O)N1CCN(C3=CCC(F)C=C3)CC1)C=2. The molecule has 1 amide bonds. The Morgan fingerprint density at radius 3 is 2.44 bits per heavy atom. The Kier molecular flexibility index (Phi) is 8.14. The molecule has 5 rings (SSSR count). The molecule has 1 aliphatic heterocycles. The highest BCUT2D eigenvalue weighted by Gasteiger charge is 2.28. The average Bonchev–Trinajstić information content (AvgIpc) is 2.95. The van der Waals surface area contributed by atoms with Crippen molar-refractivity contribution < 1.29 is 23.5 Å². The molecule has 2 unspecified atom stereocenters. The minimum Gasteiger partial charge on any atom is -0.481 e. The van der Waals surface area contributed by atoms with Gasteiger partial charge in [-0.1, -0.05) is 12.2 Å². The van der Waals surface area contributed by atoms with Crippen LogP contribution in [0.2, 0.25) is 0 Å². The first-order valence-corrected chi connectivity index (χ1v) is 13.5. The number of carbonyl (C=O) groups is 2. The van der Waals surface area contributed by atoms with Gasteiger partial charge in [0, 0.05) is 50.3 Å². The summed E-state index contributed by atoms with van der Waals surface area (Å²) in [5.74, 6) is -1.46. The van der Waals surface area contributed by atoms with Crippen LogP contribution < -0.4 is 10.7 Å². The van der Waals surface area contributed by atoms with Gasteiger partial charge in [0.15, 0.2) is 0 Å². The maximum atomic E-state index is 13.5. The van der Waals surface area contributed by atoms with E-state index < -0.39 is 12.1 Å². The molecular weight excluding hydrogens is 502 g/mol. The number of aromatic nitrogens is 2.